The normalized spacial score (nSPS) is 15.1. The Kier molecular flexibility index (Phi) is 5.67. The van der Waals surface area contributed by atoms with E-state index in [1.807, 2.05) is 24.3 Å². The van der Waals surface area contributed by atoms with E-state index in [1.54, 1.807) is 29.7 Å². The standard InChI is InChI=1S/C27H24N4O3/c1-2-22-26(30-13-12-29-22)18-6-10-23-17(14-18)5-9-24(19-4-3-11-28-16-19)31(23)27(34)21-8-7-20(32)15-25(21)33/h3-4,6-8,10-16,24,32-33H,2,5,9H2,1H3. The van der Waals surface area contributed by atoms with E-state index in [1.165, 1.54) is 18.2 Å². The fourth-order valence-electron chi connectivity index (χ4n) is 4.59. The van der Waals surface area contributed by atoms with Crippen LogP contribution in [-0.2, 0) is 12.8 Å². The number of phenolic OH excluding ortho intramolecular Hbond substituents is 2. The van der Waals surface area contributed by atoms with Crippen LogP contribution in [0.5, 0.6) is 11.5 Å². The summed E-state index contributed by atoms with van der Waals surface area (Å²) in [5.74, 6) is -0.697. The smallest absolute Gasteiger partial charge is 0.262 e. The molecular formula is C27H24N4O3. The van der Waals surface area contributed by atoms with Crippen molar-refractivity contribution in [1.82, 2.24) is 15.0 Å². The molecule has 0 saturated carbocycles. The van der Waals surface area contributed by atoms with E-state index in [4.69, 9.17) is 0 Å². The molecule has 0 saturated heterocycles. The van der Waals surface area contributed by atoms with Crippen LogP contribution in [-0.4, -0.2) is 31.1 Å². The maximum absolute atomic E-state index is 13.8. The third-order valence-electron chi connectivity index (χ3n) is 6.22. The minimum atomic E-state index is -0.339. The molecule has 2 N–H and O–H groups in total. The van der Waals surface area contributed by atoms with Gasteiger partial charge >= 0.3 is 0 Å². The number of aromatic nitrogens is 3. The number of rotatable bonds is 4. The molecule has 2 aromatic heterocycles. The van der Waals surface area contributed by atoms with Crippen molar-refractivity contribution >= 4 is 11.6 Å². The molecule has 34 heavy (non-hydrogen) atoms. The number of carbonyl (C=O) groups is 1. The van der Waals surface area contributed by atoms with E-state index in [9.17, 15) is 15.0 Å². The number of anilines is 1. The summed E-state index contributed by atoms with van der Waals surface area (Å²) in [5, 5.41) is 20.1. The van der Waals surface area contributed by atoms with Crippen LogP contribution in [0.15, 0.2) is 73.3 Å². The van der Waals surface area contributed by atoms with Gasteiger partial charge in [0.2, 0.25) is 0 Å². The van der Waals surface area contributed by atoms with Crippen LogP contribution >= 0.6 is 0 Å². The Balaban J connectivity index is 1.62. The van der Waals surface area contributed by atoms with Gasteiger partial charge in [0.1, 0.15) is 11.5 Å². The van der Waals surface area contributed by atoms with Gasteiger partial charge in [-0.2, -0.15) is 0 Å². The number of benzene rings is 2. The molecule has 4 aromatic rings. The van der Waals surface area contributed by atoms with E-state index in [2.05, 4.69) is 27.9 Å². The van der Waals surface area contributed by atoms with Crippen molar-refractivity contribution in [3.8, 4) is 22.8 Å². The van der Waals surface area contributed by atoms with Gasteiger partial charge in [0.05, 0.1) is 23.0 Å². The number of pyridine rings is 1. The Morgan fingerprint density at radius 1 is 1.06 bits per heavy atom. The number of carbonyl (C=O) groups excluding carboxylic acids is 1. The van der Waals surface area contributed by atoms with E-state index < -0.39 is 0 Å². The van der Waals surface area contributed by atoms with Crippen molar-refractivity contribution in [2.75, 3.05) is 4.90 Å². The zero-order valence-corrected chi connectivity index (χ0v) is 18.7. The van der Waals surface area contributed by atoms with Crippen LogP contribution in [0.1, 0.15) is 46.6 Å². The van der Waals surface area contributed by atoms with Gasteiger partial charge in [-0.3, -0.25) is 19.7 Å². The molecule has 1 amide bonds. The van der Waals surface area contributed by atoms with Crippen molar-refractivity contribution in [3.63, 3.8) is 0 Å². The highest BCUT2D eigenvalue weighted by molar-refractivity contribution is 6.09. The highest BCUT2D eigenvalue weighted by atomic mass is 16.3. The minimum Gasteiger partial charge on any atom is -0.508 e. The van der Waals surface area contributed by atoms with E-state index in [-0.39, 0.29) is 29.0 Å². The second-order valence-electron chi connectivity index (χ2n) is 8.27. The molecule has 0 spiro atoms. The quantitative estimate of drug-likeness (QED) is 0.459. The predicted molar refractivity (Wildman–Crippen MR) is 129 cm³/mol. The maximum atomic E-state index is 13.8. The first kappa shape index (κ1) is 21.6. The number of aryl methyl sites for hydroxylation is 2. The molecule has 0 bridgehead atoms. The van der Waals surface area contributed by atoms with Crippen LogP contribution < -0.4 is 4.90 Å². The SMILES string of the molecule is CCc1nccnc1-c1ccc2c(c1)CCC(c1cccnc1)N2C(=O)c1ccc(O)cc1O. The fourth-order valence-corrected chi connectivity index (χ4v) is 4.59. The molecule has 1 aliphatic heterocycles. The molecular weight excluding hydrogens is 428 g/mol. The Bertz CT molecular complexity index is 1360. The lowest BCUT2D eigenvalue weighted by Crippen LogP contribution is -2.38. The largest absolute Gasteiger partial charge is 0.508 e. The third kappa shape index (κ3) is 3.85. The minimum absolute atomic E-state index is 0.0998. The molecule has 7 nitrogen and oxygen atoms in total. The summed E-state index contributed by atoms with van der Waals surface area (Å²) in [6, 6.07) is 13.6. The van der Waals surface area contributed by atoms with Gasteiger partial charge in [0.25, 0.3) is 5.91 Å². The molecule has 5 rings (SSSR count). The zero-order chi connectivity index (χ0) is 23.7. The van der Waals surface area contributed by atoms with Crippen LogP contribution in [0.2, 0.25) is 0 Å². The van der Waals surface area contributed by atoms with Crippen molar-refractivity contribution in [2.45, 2.75) is 32.2 Å². The van der Waals surface area contributed by atoms with Gasteiger partial charge in [-0.25, -0.2) is 0 Å². The lowest BCUT2D eigenvalue weighted by molar-refractivity contribution is 0.0970. The number of phenols is 2. The lowest BCUT2D eigenvalue weighted by atomic mass is 9.89. The van der Waals surface area contributed by atoms with Crippen molar-refractivity contribution < 1.29 is 15.0 Å². The zero-order valence-electron chi connectivity index (χ0n) is 18.7. The van der Waals surface area contributed by atoms with Crippen LogP contribution in [0.4, 0.5) is 5.69 Å². The number of fused-ring (bicyclic) bond motifs is 1. The van der Waals surface area contributed by atoms with E-state index in [0.717, 1.165) is 46.6 Å². The number of aromatic hydroxyl groups is 2. The van der Waals surface area contributed by atoms with Gasteiger partial charge in [-0.05, 0) is 60.7 Å². The molecule has 0 radical (unpaired) electrons. The fraction of sp³-hybridized carbons (Fsp3) is 0.185. The average Bonchev–Trinajstić information content (AvgIpc) is 2.87. The van der Waals surface area contributed by atoms with Gasteiger partial charge in [0, 0.05) is 42.1 Å². The number of nitrogens with zero attached hydrogens (tertiary/aromatic N) is 4. The topological polar surface area (TPSA) is 99.4 Å². The Morgan fingerprint density at radius 2 is 1.91 bits per heavy atom. The van der Waals surface area contributed by atoms with Crippen molar-refractivity contribution in [2.24, 2.45) is 0 Å². The molecule has 3 heterocycles. The molecule has 1 atom stereocenters. The van der Waals surface area contributed by atoms with Gasteiger partial charge < -0.3 is 15.1 Å². The lowest BCUT2D eigenvalue weighted by Gasteiger charge is -2.38. The number of amides is 1. The predicted octanol–water partition coefficient (Wildman–Crippen LogP) is 4.85. The Morgan fingerprint density at radius 3 is 2.68 bits per heavy atom. The molecule has 0 fully saturated rings. The summed E-state index contributed by atoms with van der Waals surface area (Å²) in [6.07, 6.45) is 9.11. The first-order valence-corrected chi connectivity index (χ1v) is 11.3. The number of hydrogen-bond donors (Lipinski definition) is 2. The summed E-state index contributed by atoms with van der Waals surface area (Å²) in [4.78, 5) is 28.7. The van der Waals surface area contributed by atoms with E-state index in [0.29, 0.717) is 6.42 Å². The molecule has 170 valence electrons. The Hall–Kier alpha value is -4.26. The summed E-state index contributed by atoms with van der Waals surface area (Å²) < 4.78 is 0. The Labute approximate surface area is 197 Å². The second kappa shape index (κ2) is 8.94. The summed E-state index contributed by atoms with van der Waals surface area (Å²) in [6.45, 7) is 2.05. The highest BCUT2D eigenvalue weighted by Gasteiger charge is 2.34. The van der Waals surface area contributed by atoms with Crippen LogP contribution in [0, 0.1) is 0 Å². The summed E-state index contributed by atoms with van der Waals surface area (Å²) in [5.41, 5.74) is 5.59. The van der Waals surface area contributed by atoms with Gasteiger partial charge in [0.15, 0.2) is 0 Å². The van der Waals surface area contributed by atoms with Crippen molar-refractivity contribution in [3.05, 3.63) is 95.7 Å². The molecule has 7 heteroatoms. The number of hydrogen-bond acceptors (Lipinski definition) is 6. The van der Waals surface area contributed by atoms with Gasteiger partial charge in [-0.1, -0.05) is 19.1 Å². The summed E-state index contributed by atoms with van der Waals surface area (Å²) >= 11 is 0. The van der Waals surface area contributed by atoms with Crippen molar-refractivity contribution in [1.29, 1.82) is 0 Å². The van der Waals surface area contributed by atoms with Gasteiger partial charge in [-0.15, -0.1) is 0 Å². The summed E-state index contributed by atoms with van der Waals surface area (Å²) in [7, 11) is 0. The maximum Gasteiger partial charge on any atom is 0.262 e. The first-order chi connectivity index (χ1) is 16.6. The molecule has 1 unspecified atom stereocenters. The third-order valence-corrected chi connectivity index (χ3v) is 6.22. The monoisotopic (exact) mass is 452 g/mol. The highest BCUT2D eigenvalue weighted by Crippen LogP contribution is 2.42. The molecule has 1 aliphatic rings. The average molecular weight is 453 g/mol. The van der Waals surface area contributed by atoms with Crippen LogP contribution in [0.3, 0.4) is 0 Å². The second-order valence-corrected chi connectivity index (χ2v) is 8.27. The molecule has 0 aliphatic carbocycles. The van der Waals surface area contributed by atoms with E-state index >= 15 is 0 Å². The molecule has 2 aromatic carbocycles. The van der Waals surface area contributed by atoms with Crippen LogP contribution in [0.25, 0.3) is 11.3 Å². The first-order valence-electron chi connectivity index (χ1n) is 11.3.